The van der Waals surface area contributed by atoms with E-state index >= 15 is 0 Å². The average molecular weight is 291 g/mol. The Labute approximate surface area is 120 Å². The van der Waals surface area contributed by atoms with Crippen molar-refractivity contribution in [1.82, 2.24) is 9.78 Å². The quantitative estimate of drug-likeness (QED) is 0.362. The predicted molar refractivity (Wildman–Crippen MR) is 72.5 cm³/mol. The Morgan fingerprint density at radius 3 is 2.81 bits per heavy atom. The third-order valence-corrected chi connectivity index (χ3v) is 2.76. The largest absolute Gasteiger partial charge is 0.496 e. The van der Waals surface area contributed by atoms with Gasteiger partial charge >= 0.3 is 11.7 Å². The standard InChI is InChI=1S/C13H13N3O5/c1-3-15-8-9(7-14-15)13(17)21-12-5-4-10(20-2)6-11(12)16(18)19/h4-8H,3H2,1-2H3. The SMILES string of the molecule is CCn1cc(C(=O)Oc2ccc(OC)cc2[N+](=O)[O-])cn1. The Bertz CT molecular complexity index is 680. The number of nitrogens with zero attached hydrogens (tertiary/aromatic N) is 3. The van der Waals surface area contributed by atoms with E-state index in [9.17, 15) is 14.9 Å². The summed E-state index contributed by atoms with van der Waals surface area (Å²) in [4.78, 5) is 22.3. The predicted octanol–water partition coefficient (Wildman–Crippen LogP) is 2.04. The maximum Gasteiger partial charge on any atom is 0.346 e. The highest BCUT2D eigenvalue weighted by Gasteiger charge is 2.20. The number of hydrogen-bond donors (Lipinski definition) is 0. The lowest BCUT2D eigenvalue weighted by molar-refractivity contribution is -0.385. The molecule has 2 rings (SSSR count). The molecule has 1 aromatic carbocycles. The third-order valence-electron chi connectivity index (χ3n) is 2.76. The van der Waals surface area contributed by atoms with Crippen molar-refractivity contribution in [3.63, 3.8) is 0 Å². The number of carbonyl (C=O) groups excluding carboxylic acids is 1. The Morgan fingerprint density at radius 2 is 2.24 bits per heavy atom. The molecule has 0 aliphatic heterocycles. The fourth-order valence-corrected chi connectivity index (χ4v) is 1.65. The van der Waals surface area contributed by atoms with Gasteiger partial charge in [0.1, 0.15) is 5.75 Å². The number of hydrogen-bond acceptors (Lipinski definition) is 6. The van der Waals surface area contributed by atoms with Crippen molar-refractivity contribution >= 4 is 11.7 Å². The summed E-state index contributed by atoms with van der Waals surface area (Å²) in [5.41, 5.74) is -0.118. The number of nitro groups is 1. The van der Waals surface area contributed by atoms with Crippen LogP contribution < -0.4 is 9.47 Å². The second kappa shape index (κ2) is 6.04. The first-order chi connectivity index (χ1) is 10.0. The van der Waals surface area contributed by atoms with Gasteiger partial charge in [-0.15, -0.1) is 0 Å². The Hall–Kier alpha value is -2.90. The molecule has 21 heavy (non-hydrogen) atoms. The summed E-state index contributed by atoms with van der Waals surface area (Å²) in [7, 11) is 1.39. The number of methoxy groups -OCH3 is 1. The van der Waals surface area contributed by atoms with Crippen molar-refractivity contribution in [3.8, 4) is 11.5 Å². The first-order valence-corrected chi connectivity index (χ1v) is 6.12. The van der Waals surface area contributed by atoms with Crippen LogP contribution in [-0.2, 0) is 6.54 Å². The molecule has 0 radical (unpaired) electrons. The maximum atomic E-state index is 11.9. The number of nitro benzene ring substituents is 1. The van der Waals surface area contributed by atoms with Crippen LogP contribution in [0.1, 0.15) is 17.3 Å². The molecule has 0 N–H and O–H groups in total. The van der Waals surface area contributed by atoms with E-state index in [1.807, 2.05) is 6.92 Å². The highest BCUT2D eigenvalue weighted by Crippen LogP contribution is 2.31. The summed E-state index contributed by atoms with van der Waals surface area (Å²) >= 11 is 0. The van der Waals surface area contributed by atoms with Gasteiger partial charge in [0.25, 0.3) is 0 Å². The smallest absolute Gasteiger partial charge is 0.346 e. The van der Waals surface area contributed by atoms with Gasteiger partial charge in [-0.25, -0.2) is 4.79 Å². The van der Waals surface area contributed by atoms with Crippen LogP contribution >= 0.6 is 0 Å². The summed E-state index contributed by atoms with van der Waals surface area (Å²) in [6, 6.07) is 3.99. The lowest BCUT2D eigenvalue weighted by Crippen LogP contribution is -2.09. The zero-order valence-corrected chi connectivity index (χ0v) is 11.5. The highest BCUT2D eigenvalue weighted by molar-refractivity contribution is 5.91. The Morgan fingerprint density at radius 1 is 1.48 bits per heavy atom. The molecule has 1 heterocycles. The zero-order valence-electron chi connectivity index (χ0n) is 11.5. The van der Waals surface area contributed by atoms with E-state index in [1.54, 1.807) is 4.68 Å². The molecule has 0 unspecified atom stereocenters. The molecule has 110 valence electrons. The van der Waals surface area contributed by atoms with Gasteiger partial charge in [-0.3, -0.25) is 14.8 Å². The number of rotatable bonds is 5. The van der Waals surface area contributed by atoms with Gasteiger partial charge in [0.15, 0.2) is 0 Å². The van der Waals surface area contributed by atoms with Crippen LogP contribution in [0, 0.1) is 10.1 Å². The normalized spacial score (nSPS) is 10.2. The summed E-state index contributed by atoms with van der Waals surface area (Å²) in [6.07, 6.45) is 2.86. The van der Waals surface area contributed by atoms with Crippen molar-refractivity contribution in [2.75, 3.05) is 7.11 Å². The van der Waals surface area contributed by atoms with Crippen LogP contribution in [0.4, 0.5) is 5.69 Å². The molecule has 2 aromatic rings. The van der Waals surface area contributed by atoms with E-state index in [2.05, 4.69) is 5.10 Å². The molecule has 0 atom stereocenters. The molecule has 0 saturated carbocycles. The molecule has 0 aliphatic carbocycles. The van der Waals surface area contributed by atoms with E-state index in [0.29, 0.717) is 12.3 Å². The van der Waals surface area contributed by atoms with Gasteiger partial charge in [0.05, 0.1) is 29.9 Å². The zero-order chi connectivity index (χ0) is 15.4. The monoisotopic (exact) mass is 291 g/mol. The molecule has 0 saturated heterocycles. The molecule has 8 nitrogen and oxygen atoms in total. The van der Waals surface area contributed by atoms with Crippen LogP contribution in [0.2, 0.25) is 0 Å². The first-order valence-electron chi connectivity index (χ1n) is 6.12. The molecule has 0 fully saturated rings. The van der Waals surface area contributed by atoms with Crippen molar-refractivity contribution < 1.29 is 19.2 Å². The first kappa shape index (κ1) is 14.5. The minimum atomic E-state index is -0.706. The second-order valence-corrected chi connectivity index (χ2v) is 4.06. The lowest BCUT2D eigenvalue weighted by atomic mass is 10.2. The van der Waals surface area contributed by atoms with Crippen LogP contribution in [0.3, 0.4) is 0 Å². The van der Waals surface area contributed by atoms with Crippen molar-refractivity contribution in [3.05, 3.63) is 46.3 Å². The number of carbonyl (C=O) groups is 1. The van der Waals surface area contributed by atoms with E-state index in [-0.39, 0.29) is 17.0 Å². The molecular weight excluding hydrogens is 278 g/mol. The number of aromatic nitrogens is 2. The van der Waals surface area contributed by atoms with Gasteiger partial charge in [0.2, 0.25) is 5.75 Å². The van der Waals surface area contributed by atoms with Crippen LogP contribution in [0.25, 0.3) is 0 Å². The number of esters is 1. The van der Waals surface area contributed by atoms with E-state index in [1.165, 1.54) is 37.7 Å². The summed E-state index contributed by atoms with van der Waals surface area (Å²) < 4.78 is 11.5. The van der Waals surface area contributed by atoms with Crippen molar-refractivity contribution in [2.24, 2.45) is 0 Å². The van der Waals surface area contributed by atoms with Crippen LogP contribution in [0.5, 0.6) is 11.5 Å². The van der Waals surface area contributed by atoms with Gasteiger partial charge in [-0.05, 0) is 19.1 Å². The number of benzene rings is 1. The van der Waals surface area contributed by atoms with Crippen molar-refractivity contribution in [2.45, 2.75) is 13.5 Å². The van der Waals surface area contributed by atoms with E-state index in [0.717, 1.165) is 0 Å². The van der Waals surface area contributed by atoms with Crippen molar-refractivity contribution in [1.29, 1.82) is 0 Å². The van der Waals surface area contributed by atoms with Crippen LogP contribution in [0.15, 0.2) is 30.6 Å². The topological polar surface area (TPSA) is 96.5 Å². The third kappa shape index (κ3) is 3.16. The molecule has 1 aromatic heterocycles. The minimum absolute atomic E-state index is 0.143. The summed E-state index contributed by atoms with van der Waals surface area (Å²) in [5.74, 6) is -0.543. The molecule has 0 amide bonds. The average Bonchev–Trinajstić information content (AvgIpc) is 2.96. The van der Waals surface area contributed by atoms with Gasteiger partial charge < -0.3 is 9.47 Å². The second-order valence-electron chi connectivity index (χ2n) is 4.06. The molecule has 0 spiro atoms. The van der Waals surface area contributed by atoms with Gasteiger partial charge in [-0.1, -0.05) is 0 Å². The highest BCUT2D eigenvalue weighted by atomic mass is 16.6. The summed E-state index contributed by atoms with van der Waals surface area (Å²) in [5, 5.41) is 14.9. The lowest BCUT2D eigenvalue weighted by Gasteiger charge is -2.05. The maximum absolute atomic E-state index is 11.9. The van der Waals surface area contributed by atoms with Gasteiger partial charge in [-0.2, -0.15) is 5.10 Å². The van der Waals surface area contributed by atoms with E-state index < -0.39 is 10.9 Å². The fourth-order valence-electron chi connectivity index (χ4n) is 1.65. The Kier molecular flexibility index (Phi) is 4.17. The molecule has 0 aliphatic rings. The molecule has 8 heteroatoms. The number of ether oxygens (including phenoxy) is 2. The minimum Gasteiger partial charge on any atom is -0.496 e. The molecular formula is C13H13N3O5. The Balaban J connectivity index is 2.26. The summed E-state index contributed by atoms with van der Waals surface area (Å²) in [6.45, 7) is 2.48. The fraction of sp³-hybridized carbons (Fsp3) is 0.231. The number of aryl methyl sites for hydroxylation is 1. The van der Waals surface area contributed by atoms with E-state index in [4.69, 9.17) is 9.47 Å². The van der Waals surface area contributed by atoms with Gasteiger partial charge in [0, 0.05) is 12.7 Å². The molecule has 0 bridgehead atoms. The van der Waals surface area contributed by atoms with Crippen LogP contribution in [-0.4, -0.2) is 27.8 Å².